The monoisotopic (exact) mass is 308 g/mol. The van der Waals surface area contributed by atoms with E-state index in [1.807, 2.05) is 5.32 Å². The molecule has 0 unspecified atom stereocenters. The Balaban J connectivity index is 2.50. The fourth-order valence-corrected chi connectivity index (χ4v) is 1.44. The van der Waals surface area contributed by atoms with Crippen molar-refractivity contribution in [3.05, 3.63) is 34.9 Å². The SMILES string of the molecule is O=C(O)CCCNC(=O)NCc1c(F)cc(F)c(F)c1F. The lowest BCUT2D eigenvalue weighted by atomic mass is 10.2. The van der Waals surface area contributed by atoms with Crippen molar-refractivity contribution in [2.45, 2.75) is 19.4 Å². The minimum atomic E-state index is -1.82. The summed E-state index contributed by atoms with van der Waals surface area (Å²) in [5.74, 6) is -7.54. The van der Waals surface area contributed by atoms with Crippen molar-refractivity contribution in [1.82, 2.24) is 10.6 Å². The van der Waals surface area contributed by atoms with Gasteiger partial charge in [0.15, 0.2) is 17.5 Å². The zero-order valence-electron chi connectivity index (χ0n) is 10.7. The molecule has 0 aliphatic carbocycles. The van der Waals surface area contributed by atoms with E-state index in [2.05, 4.69) is 5.32 Å². The van der Waals surface area contributed by atoms with Crippen LogP contribution in [0.4, 0.5) is 22.4 Å². The largest absolute Gasteiger partial charge is 0.481 e. The van der Waals surface area contributed by atoms with Crippen LogP contribution in [-0.2, 0) is 11.3 Å². The molecular weight excluding hydrogens is 296 g/mol. The summed E-state index contributed by atoms with van der Waals surface area (Å²) in [5.41, 5.74) is -0.811. The van der Waals surface area contributed by atoms with Crippen LogP contribution in [0.25, 0.3) is 0 Å². The molecule has 0 aliphatic rings. The number of carboxylic acid groups (broad SMARTS) is 1. The summed E-state index contributed by atoms with van der Waals surface area (Å²) in [5, 5.41) is 12.7. The van der Waals surface area contributed by atoms with Gasteiger partial charge in [0.25, 0.3) is 0 Å². The predicted molar refractivity (Wildman–Crippen MR) is 63.4 cm³/mol. The van der Waals surface area contributed by atoms with Crippen molar-refractivity contribution in [2.24, 2.45) is 0 Å². The molecule has 0 saturated heterocycles. The number of amides is 2. The highest BCUT2D eigenvalue weighted by Crippen LogP contribution is 2.18. The van der Waals surface area contributed by atoms with Gasteiger partial charge in [0, 0.05) is 24.6 Å². The second-order valence-electron chi connectivity index (χ2n) is 4.05. The first kappa shape index (κ1) is 16.7. The van der Waals surface area contributed by atoms with Crippen molar-refractivity contribution >= 4 is 12.0 Å². The Labute approximate surface area is 117 Å². The van der Waals surface area contributed by atoms with E-state index in [1.165, 1.54) is 0 Å². The molecule has 21 heavy (non-hydrogen) atoms. The minimum Gasteiger partial charge on any atom is -0.481 e. The molecule has 0 bridgehead atoms. The van der Waals surface area contributed by atoms with E-state index in [-0.39, 0.29) is 25.5 Å². The average molecular weight is 308 g/mol. The van der Waals surface area contributed by atoms with E-state index in [0.29, 0.717) is 0 Å². The molecule has 1 aromatic rings. The first-order chi connectivity index (χ1) is 9.82. The molecule has 116 valence electrons. The van der Waals surface area contributed by atoms with Gasteiger partial charge in [-0.25, -0.2) is 22.4 Å². The van der Waals surface area contributed by atoms with E-state index in [4.69, 9.17) is 5.11 Å². The van der Waals surface area contributed by atoms with E-state index in [1.54, 1.807) is 0 Å². The highest BCUT2D eigenvalue weighted by Gasteiger charge is 2.19. The van der Waals surface area contributed by atoms with Crippen LogP contribution in [0.1, 0.15) is 18.4 Å². The number of carbonyl (C=O) groups is 2. The van der Waals surface area contributed by atoms with Crippen LogP contribution in [-0.4, -0.2) is 23.7 Å². The van der Waals surface area contributed by atoms with Crippen molar-refractivity contribution in [1.29, 1.82) is 0 Å². The Morgan fingerprint density at radius 3 is 2.33 bits per heavy atom. The number of halogens is 4. The number of benzene rings is 1. The third-order valence-electron chi connectivity index (χ3n) is 2.49. The van der Waals surface area contributed by atoms with Gasteiger partial charge in [-0.3, -0.25) is 4.79 Å². The summed E-state index contributed by atoms with van der Waals surface area (Å²) in [4.78, 5) is 21.5. The number of hydrogen-bond acceptors (Lipinski definition) is 2. The summed E-state index contributed by atoms with van der Waals surface area (Å²) in [6.45, 7) is -0.638. The van der Waals surface area contributed by atoms with Crippen LogP contribution in [0, 0.1) is 23.3 Å². The van der Waals surface area contributed by atoms with Crippen molar-refractivity contribution < 1.29 is 32.3 Å². The number of carboxylic acids is 1. The minimum absolute atomic E-state index is 0.0425. The van der Waals surface area contributed by atoms with Gasteiger partial charge in [0.1, 0.15) is 5.82 Å². The van der Waals surface area contributed by atoms with Crippen molar-refractivity contribution in [2.75, 3.05) is 6.54 Å². The van der Waals surface area contributed by atoms with Crippen LogP contribution in [0.15, 0.2) is 6.07 Å². The molecule has 0 atom stereocenters. The summed E-state index contributed by atoms with van der Waals surface area (Å²) in [6.07, 6.45) is 0.0311. The molecule has 1 aromatic carbocycles. The third kappa shape index (κ3) is 4.93. The molecule has 1 rings (SSSR count). The summed E-state index contributed by atoms with van der Waals surface area (Å²) < 4.78 is 52.1. The van der Waals surface area contributed by atoms with Gasteiger partial charge in [0.2, 0.25) is 0 Å². The quantitative estimate of drug-likeness (QED) is 0.325. The second kappa shape index (κ2) is 7.46. The lowest BCUT2D eigenvalue weighted by molar-refractivity contribution is -0.137. The van der Waals surface area contributed by atoms with E-state index in [9.17, 15) is 27.2 Å². The number of nitrogens with one attached hydrogen (secondary N) is 2. The predicted octanol–water partition coefficient (Wildman–Crippen LogP) is 1.91. The number of aliphatic carboxylic acids is 1. The molecule has 0 fully saturated rings. The maximum atomic E-state index is 13.3. The van der Waals surface area contributed by atoms with Crippen LogP contribution >= 0.6 is 0 Å². The third-order valence-corrected chi connectivity index (χ3v) is 2.49. The van der Waals surface area contributed by atoms with Crippen LogP contribution in [0.2, 0.25) is 0 Å². The highest BCUT2D eigenvalue weighted by atomic mass is 19.2. The molecular formula is C12H12F4N2O3. The van der Waals surface area contributed by atoms with Gasteiger partial charge in [-0.15, -0.1) is 0 Å². The van der Waals surface area contributed by atoms with Crippen molar-refractivity contribution in [3.63, 3.8) is 0 Å². The molecule has 0 aromatic heterocycles. The second-order valence-corrected chi connectivity index (χ2v) is 4.05. The van der Waals surface area contributed by atoms with E-state index < -0.39 is 47.4 Å². The van der Waals surface area contributed by atoms with Gasteiger partial charge >= 0.3 is 12.0 Å². The van der Waals surface area contributed by atoms with Crippen LogP contribution in [0.5, 0.6) is 0 Å². The number of hydrogen-bond donors (Lipinski definition) is 3. The highest BCUT2D eigenvalue weighted by molar-refractivity contribution is 5.74. The molecule has 0 radical (unpaired) electrons. The zero-order valence-corrected chi connectivity index (χ0v) is 10.7. The molecule has 2 amide bonds. The normalized spacial score (nSPS) is 10.3. The smallest absolute Gasteiger partial charge is 0.315 e. The topological polar surface area (TPSA) is 78.4 Å². The number of rotatable bonds is 6. The lowest BCUT2D eigenvalue weighted by Gasteiger charge is -2.09. The number of urea groups is 1. The number of carbonyl (C=O) groups excluding carboxylic acids is 1. The zero-order chi connectivity index (χ0) is 16.0. The maximum Gasteiger partial charge on any atom is 0.315 e. The summed E-state index contributed by atoms with van der Waals surface area (Å²) in [6, 6.07) is -0.635. The fraction of sp³-hybridized carbons (Fsp3) is 0.333. The van der Waals surface area contributed by atoms with Crippen LogP contribution < -0.4 is 10.6 Å². The Bertz CT molecular complexity index is 552. The molecule has 3 N–H and O–H groups in total. The first-order valence-electron chi connectivity index (χ1n) is 5.88. The standard InChI is InChI=1S/C12H12F4N2O3/c13-7-4-8(14)11(16)10(15)6(7)5-18-12(21)17-3-1-2-9(19)20/h4H,1-3,5H2,(H,19,20)(H2,17,18,21). The van der Waals surface area contributed by atoms with Gasteiger partial charge < -0.3 is 15.7 Å². The summed E-state index contributed by atoms with van der Waals surface area (Å²) in [7, 11) is 0. The fourth-order valence-electron chi connectivity index (χ4n) is 1.44. The Morgan fingerprint density at radius 1 is 1.05 bits per heavy atom. The first-order valence-corrected chi connectivity index (χ1v) is 5.88. The molecule has 0 spiro atoms. The summed E-state index contributed by atoms with van der Waals surface area (Å²) >= 11 is 0. The van der Waals surface area contributed by atoms with Gasteiger partial charge in [-0.2, -0.15) is 0 Å². The van der Waals surface area contributed by atoms with E-state index >= 15 is 0 Å². The molecule has 9 heteroatoms. The molecule has 0 saturated carbocycles. The molecule has 0 heterocycles. The van der Waals surface area contributed by atoms with Gasteiger partial charge in [0.05, 0.1) is 6.54 Å². The van der Waals surface area contributed by atoms with Gasteiger partial charge in [-0.1, -0.05) is 0 Å². The Kier molecular flexibility index (Phi) is 5.94. The molecule has 5 nitrogen and oxygen atoms in total. The maximum absolute atomic E-state index is 13.3. The Hall–Kier alpha value is -2.32. The van der Waals surface area contributed by atoms with Crippen LogP contribution in [0.3, 0.4) is 0 Å². The van der Waals surface area contributed by atoms with E-state index in [0.717, 1.165) is 0 Å². The average Bonchev–Trinajstić information content (AvgIpc) is 2.41. The lowest BCUT2D eigenvalue weighted by Crippen LogP contribution is -2.36. The van der Waals surface area contributed by atoms with Crippen molar-refractivity contribution in [3.8, 4) is 0 Å². The van der Waals surface area contributed by atoms with Gasteiger partial charge in [-0.05, 0) is 6.42 Å². The molecule has 0 aliphatic heterocycles. The Morgan fingerprint density at radius 2 is 1.71 bits per heavy atom.